The molecule has 142 valence electrons. The topological polar surface area (TPSA) is 25.4 Å². The molecular formula is C22H32N2OS. The number of aromatic nitrogens is 1. The number of nitrogens with zero attached hydrogens (tertiary/aromatic N) is 2. The van der Waals surface area contributed by atoms with Crippen molar-refractivity contribution in [3.8, 4) is 0 Å². The Morgan fingerprint density at radius 2 is 2.12 bits per heavy atom. The fourth-order valence-corrected chi connectivity index (χ4v) is 4.78. The Morgan fingerprint density at radius 1 is 1.27 bits per heavy atom. The Labute approximate surface area is 162 Å². The number of hydrogen-bond donors (Lipinski definition) is 0. The highest BCUT2D eigenvalue weighted by molar-refractivity contribution is 7.10. The molecule has 1 fully saturated rings. The Morgan fingerprint density at radius 3 is 2.81 bits per heavy atom. The second kappa shape index (κ2) is 8.64. The first-order chi connectivity index (χ1) is 12.5. The van der Waals surface area contributed by atoms with Gasteiger partial charge in [-0.2, -0.15) is 0 Å². The highest BCUT2D eigenvalue weighted by Crippen LogP contribution is 2.37. The summed E-state index contributed by atoms with van der Waals surface area (Å²) < 4.78 is 5.92. The van der Waals surface area contributed by atoms with E-state index >= 15 is 0 Å². The van der Waals surface area contributed by atoms with Crippen LogP contribution in [0.1, 0.15) is 47.2 Å². The van der Waals surface area contributed by atoms with E-state index in [9.17, 15) is 0 Å². The first kappa shape index (κ1) is 19.5. The Kier molecular flexibility index (Phi) is 6.49. The molecule has 26 heavy (non-hydrogen) atoms. The summed E-state index contributed by atoms with van der Waals surface area (Å²) >= 11 is 1.86. The third-order valence-corrected chi connectivity index (χ3v) is 6.50. The molecule has 0 bridgehead atoms. The van der Waals surface area contributed by atoms with Crippen molar-refractivity contribution in [2.45, 2.75) is 53.5 Å². The van der Waals surface area contributed by atoms with Crippen molar-refractivity contribution in [1.82, 2.24) is 9.88 Å². The van der Waals surface area contributed by atoms with Gasteiger partial charge in [-0.05, 0) is 82.1 Å². The van der Waals surface area contributed by atoms with Crippen LogP contribution in [0, 0.1) is 26.2 Å². The van der Waals surface area contributed by atoms with Gasteiger partial charge >= 0.3 is 0 Å². The monoisotopic (exact) mass is 372 g/mol. The molecule has 1 saturated heterocycles. The van der Waals surface area contributed by atoms with Crippen molar-refractivity contribution < 1.29 is 4.74 Å². The van der Waals surface area contributed by atoms with Gasteiger partial charge < -0.3 is 4.74 Å². The summed E-state index contributed by atoms with van der Waals surface area (Å²) in [5.74, 6) is 0. The van der Waals surface area contributed by atoms with E-state index in [1.807, 2.05) is 11.3 Å². The van der Waals surface area contributed by atoms with E-state index in [-0.39, 0.29) is 5.41 Å². The largest absolute Gasteiger partial charge is 0.381 e. The van der Waals surface area contributed by atoms with Crippen LogP contribution in [0.4, 0.5) is 0 Å². The van der Waals surface area contributed by atoms with Crippen LogP contribution < -0.4 is 0 Å². The van der Waals surface area contributed by atoms with Gasteiger partial charge in [-0.15, -0.1) is 11.3 Å². The van der Waals surface area contributed by atoms with E-state index in [4.69, 9.17) is 4.74 Å². The SMILES string of the molecule is CCOC[C@]1(CCc2csc(C)c2)CCN(Cc2ccc(C)nc2C)C1. The normalized spacial score (nSPS) is 20.8. The molecule has 0 aliphatic carbocycles. The second-order valence-electron chi connectivity index (χ2n) is 7.86. The lowest BCUT2D eigenvalue weighted by molar-refractivity contribution is 0.0489. The van der Waals surface area contributed by atoms with Crippen LogP contribution in [0.2, 0.25) is 0 Å². The summed E-state index contributed by atoms with van der Waals surface area (Å²) in [5, 5.41) is 2.32. The van der Waals surface area contributed by atoms with Crippen molar-refractivity contribution >= 4 is 11.3 Å². The maximum atomic E-state index is 5.92. The van der Waals surface area contributed by atoms with Crippen LogP contribution in [0.3, 0.4) is 0 Å². The van der Waals surface area contributed by atoms with E-state index in [1.165, 1.54) is 34.5 Å². The summed E-state index contributed by atoms with van der Waals surface area (Å²) in [6, 6.07) is 6.71. The maximum Gasteiger partial charge on any atom is 0.0535 e. The number of pyridine rings is 1. The summed E-state index contributed by atoms with van der Waals surface area (Å²) in [6.07, 6.45) is 3.61. The first-order valence-corrected chi connectivity index (χ1v) is 10.6. The lowest BCUT2D eigenvalue weighted by Gasteiger charge is -2.29. The molecule has 0 radical (unpaired) electrons. The predicted octanol–water partition coefficient (Wildman–Crippen LogP) is 4.93. The Bertz CT molecular complexity index is 727. The van der Waals surface area contributed by atoms with E-state index in [0.717, 1.165) is 45.0 Å². The molecule has 0 amide bonds. The van der Waals surface area contributed by atoms with Crippen LogP contribution in [0.15, 0.2) is 23.6 Å². The van der Waals surface area contributed by atoms with Crippen LogP contribution in [-0.4, -0.2) is 36.2 Å². The van der Waals surface area contributed by atoms with Crippen molar-refractivity contribution in [3.05, 3.63) is 51.0 Å². The van der Waals surface area contributed by atoms with Crippen LogP contribution >= 0.6 is 11.3 Å². The molecule has 1 aliphatic rings. The van der Waals surface area contributed by atoms with Crippen LogP contribution in [0.25, 0.3) is 0 Å². The number of rotatable bonds is 8. The lowest BCUT2D eigenvalue weighted by Crippen LogP contribution is -2.32. The van der Waals surface area contributed by atoms with Gasteiger partial charge in [-0.25, -0.2) is 0 Å². The van der Waals surface area contributed by atoms with Gasteiger partial charge in [0.1, 0.15) is 0 Å². The zero-order chi connectivity index (χ0) is 18.6. The van der Waals surface area contributed by atoms with Gasteiger partial charge in [0.2, 0.25) is 0 Å². The van der Waals surface area contributed by atoms with Crippen molar-refractivity contribution in [2.24, 2.45) is 5.41 Å². The minimum atomic E-state index is 0.290. The molecule has 3 heterocycles. The molecule has 0 aromatic carbocycles. The van der Waals surface area contributed by atoms with Crippen molar-refractivity contribution in [3.63, 3.8) is 0 Å². The molecule has 3 rings (SSSR count). The molecule has 1 atom stereocenters. The summed E-state index contributed by atoms with van der Waals surface area (Å²) in [5.41, 5.74) is 5.40. The van der Waals surface area contributed by atoms with Crippen LogP contribution in [0.5, 0.6) is 0 Å². The average Bonchev–Trinajstić information content (AvgIpc) is 3.21. The number of ether oxygens (including phenoxy) is 1. The zero-order valence-electron chi connectivity index (χ0n) is 16.7. The smallest absolute Gasteiger partial charge is 0.0535 e. The van der Waals surface area contributed by atoms with E-state index in [2.05, 4.69) is 61.2 Å². The molecular weight excluding hydrogens is 340 g/mol. The van der Waals surface area contributed by atoms with Crippen LogP contribution in [-0.2, 0) is 17.7 Å². The standard InChI is InChI=1S/C22H32N2OS/c1-5-25-16-22(9-8-20-12-18(3)26-14-20)10-11-24(15-22)13-21-7-6-17(2)23-19(21)4/h6-7,12,14H,5,8-11,13,15-16H2,1-4H3/t22-/m1/s1. The Balaban J connectivity index is 1.64. The first-order valence-electron chi connectivity index (χ1n) is 9.77. The van der Waals surface area contributed by atoms with Gasteiger partial charge in [0.05, 0.1) is 6.61 Å². The van der Waals surface area contributed by atoms with E-state index in [1.54, 1.807) is 0 Å². The van der Waals surface area contributed by atoms with Gasteiger partial charge in [0, 0.05) is 41.4 Å². The average molecular weight is 373 g/mol. The molecule has 0 unspecified atom stereocenters. The van der Waals surface area contributed by atoms with Crippen molar-refractivity contribution in [2.75, 3.05) is 26.3 Å². The lowest BCUT2D eigenvalue weighted by atomic mass is 9.82. The van der Waals surface area contributed by atoms with E-state index in [0.29, 0.717) is 0 Å². The van der Waals surface area contributed by atoms with E-state index < -0.39 is 0 Å². The third kappa shape index (κ3) is 4.93. The number of hydrogen-bond acceptors (Lipinski definition) is 4. The van der Waals surface area contributed by atoms with Gasteiger partial charge in [-0.3, -0.25) is 9.88 Å². The number of likely N-dealkylation sites (tertiary alicyclic amines) is 1. The maximum absolute atomic E-state index is 5.92. The summed E-state index contributed by atoms with van der Waals surface area (Å²) in [4.78, 5) is 8.64. The van der Waals surface area contributed by atoms with Crippen molar-refractivity contribution in [1.29, 1.82) is 0 Å². The molecule has 4 heteroatoms. The molecule has 0 saturated carbocycles. The molecule has 2 aromatic heterocycles. The summed E-state index contributed by atoms with van der Waals surface area (Å²) in [6.45, 7) is 13.5. The minimum absolute atomic E-state index is 0.290. The predicted molar refractivity (Wildman–Crippen MR) is 110 cm³/mol. The second-order valence-corrected chi connectivity index (χ2v) is 8.98. The number of aryl methyl sites for hydroxylation is 4. The summed E-state index contributed by atoms with van der Waals surface area (Å²) in [7, 11) is 0. The zero-order valence-corrected chi connectivity index (χ0v) is 17.5. The fraction of sp³-hybridized carbons (Fsp3) is 0.591. The van der Waals surface area contributed by atoms with Gasteiger partial charge in [0.15, 0.2) is 0 Å². The molecule has 2 aromatic rings. The highest BCUT2D eigenvalue weighted by atomic mass is 32.1. The number of thiophene rings is 1. The third-order valence-electron chi connectivity index (χ3n) is 5.59. The highest BCUT2D eigenvalue weighted by Gasteiger charge is 2.38. The Hall–Kier alpha value is -1.23. The fourth-order valence-electron chi connectivity index (χ4n) is 4.04. The molecule has 0 spiro atoms. The molecule has 3 nitrogen and oxygen atoms in total. The molecule has 0 N–H and O–H groups in total. The quantitative estimate of drug-likeness (QED) is 0.657. The minimum Gasteiger partial charge on any atom is -0.381 e. The van der Waals surface area contributed by atoms with Gasteiger partial charge in [0.25, 0.3) is 0 Å². The van der Waals surface area contributed by atoms with Gasteiger partial charge in [-0.1, -0.05) is 6.07 Å². The molecule has 1 aliphatic heterocycles.